The highest BCUT2D eigenvalue weighted by atomic mass is 32.2. The van der Waals surface area contributed by atoms with Crippen LogP contribution in [-0.4, -0.2) is 12.1 Å². The van der Waals surface area contributed by atoms with Gasteiger partial charge in [-0.05, 0) is 49.3 Å². The zero-order valence-electron chi connectivity index (χ0n) is 10.1. The van der Waals surface area contributed by atoms with E-state index in [2.05, 4.69) is 11.4 Å². The number of benzene rings is 1. The number of rotatable bonds is 6. The molecule has 0 radical (unpaired) electrons. The van der Waals surface area contributed by atoms with Gasteiger partial charge < -0.3 is 5.32 Å². The van der Waals surface area contributed by atoms with Crippen molar-refractivity contribution in [1.29, 1.82) is 0 Å². The Kier molecular flexibility index (Phi) is 6.29. The van der Waals surface area contributed by atoms with Crippen molar-refractivity contribution >= 4 is 11.8 Å². The van der Waals surface area contributed by atoms with Crippen LogP contribution in [0.3, 0.4) is 0 Å². The van der Waals surface area contributed by atoms with Crippen LogP contribution in [0.15, 0.2) is 41.3 Å². The first-order chi connectivity index (χ1) is 8.51. The van der Waals surface area contributed by atoms with Crippen molar-refractivity contribution < 1.29 is 13.2 Å². The summed E-state index contributed by atoms with van der Waals surface area (Å²) in [6, 6.07) is 6.44. The molecule has 0 amide bonds. The molecule has 1 aromatic rings. The highest BCUT2D eigenvalue weighted by Crippen LogP contribution is 2.36. The van der Waals surface area contributed by atoms with Gasteiger partial charge in [-0.3, -0.25) is 0 Å². The lowest BCUT2D eigenvalue weighted by Gasteiger charge is -2.07. The molecule has 0 saturated carbocycles. The molecular weight excluding hydrogens is 259 g/mol. The summed E-state index contributed by atoms with van der Waals surface area (Å²) >= 11 is -0.0852. The first-order valence-corrected chi connectivity index (χ1v) is 6.49. The van der Waals surface area contributed by atoms with E-state index in [1.165, 1.54) is 12.1 Å². The standard InChI is InChI=1S/C13H16F3NS/c1-2-3-4-9-17-10-11-5-7-12(8-6-11)18-13(14,15)16/h2-3,5-8,17H,4,9-10H2,1H3/b3-2+. The summed E-state index contributed by atoms with van der Waals surface area (Å²) < 4.78 is 36.3. The van der Waals surface area contributed by atoms with Gasteiger partial charge in [-0.25, -0.2) is 0 Å². The second-order valence-electron chi connectivity index (χ2n) is 3.73. The van der Waals surface area contributed by atoms with Crippen LogP contribution in [-0.2, 0) is 6.54 Å². The predicted octanol–water partition coefficient (Wildman–Crippen LogP) is 4.35. The van der Waals surface area contributed by atoms with Crippen molar-refractivity contribution in [3.63, 3.8) is 0 Å². The van der Waals surface area contributed by atoms with Crippen LogP contribution in [0.2, 0.25) is 0 Å². The zero-order valence-corrected chi connectivity index (χ0v) is 10.9. The smallest absolute Gasteiger partial charge is 0.312 e. The van der Waals surface area contributed by atoms with Crippen LogP contribution in [0.5, 0.6) is 0 Å². The van der Waals surface area contributed by atoms with E-state index in [4.69, 9.17) is 0 Å². The van der Waals surface area contributed by atoms with Crippen molar-refractivity contribution in [2.45, 2.75) is 30.3 Å². The molecule has 18 heavy (non-hydrogen) atoms. The molecule has 0 atom stereocenters. The van der Waals surface area contributed by atoms with Gasteiger partial charge in [-0.1, -0.05) is 24.3 Å². The van der Waals surface area contributed by atoms with Gasteiger partial charge in [0.15, 0.2) is 0 Å². The topological polar surface area (TPSA) is 12.0 Å². The number of thioether (sulfide) groups is 1. The lowest BCUT2D eigenvalue weighted by Crippen LogP contribution is -2.13. The molecule has 0 fully saturated rings. The fourth-order valence-corrected chi connectivity index (χ4v) is 1.93. The van der Waals surface area contributed by atoms with Crippen LogP contribution in [0.4, 0.5) is 13.2 Å². The van der Waals surface area contributed by atoms with Crippen molar-refractivity contribution in [3.8, 4) is 0 Å². The average molecular weight is 275 g/mol. The van der Waals surface area contributed by atoms with E-state index < -0.39 is 5.51 Å². The molecule has 1 nitrogen and oxygen atoms in total. The average Bonchev–Trinajstić information content (AvgIpc) is 2.29. The summed E-state index contributed by atoms with van der Waals surface area (Å²) in [5, 5.41) is 3.22. The zero-order chi connectivity index (χ0) is 13.4. The molecule has 0 aliphatic heterocycles. The number of alkyl halides is 3. The molecule has 0 bridgehead atoms. The molecule has 0 spiro atoms. The molecule has 5 heteroatoms. The number of hydrogen-bond donors (Lipinski definition) is 1. The van der Waals surface area contributed by atoms with Crippen LogP contribution < -0.4 is 5.32 Å². The number of allylic oxidation sites excluding steroid dienone is 1. The van der Waals surface area contributed by atoms with Crippen molar-refractivity contribution in [3.05, 3.63) is 42.0 Å². The second kappa shape index (κ2) is 7.48. The van der Waals surface area contributed by atoms with Crippen molar-refractivity contribution in [2.24, 2.45) is 0 Å². The van der Waals surface area contributed by atoms with E-state index in [0.29, 0.717) is 6.54 Å². The Labute approximate surface area is 109 Å². The van der Waals surface area contributed by atoms with Gasteiger partial charge >= 0.3 is 5.51 Å². The van der Waals surface area contributed by atoms with Gasteiger partial charge in [0, 0.05) is 11.4 Å². The minimum atomic E-state index is -4.22. The van der Waals surface area contributed by atoms with Crippen LogP contribution in [0, 0.1) is 0 Å². The Hall–Kier alpha value is -0.940. The molecule has 0 aromatic heterocycles. The molecular formula is C13H16F3NS. The molecule has 1 aromatic carbocycles. The third kappa shape index (κ3) is 6.71. The largest absolute Gasteiger partial charge is 0.446 e. The molecule has 0 saturated heterocycles. The first kappa shape index (κ1) is 15.1. The van der Waals surface area contributed by atoms with Crippen LogP contribution in [0.1, 0.15) is 18.9 Å². The summed E-state index contributed by atoms with van der Waals surface area (Å²) in [7, 11) is 0. The maximum absolute atomic E-state index is 12.1. The van der Waals surface area contributed by atoms with Gasteiger partial charge in [0.1, 0.15) is 0 Å². The number of hydrogen-bond acceptors (Lipinski definition) is 2. The van der Waals surface area contributed by atoms with Crippen molar-refractivity contribution in [1.82, 2.24) is 5.32 Å². The highest BCUT2D eigenvalue weighted by molar-refractivity contribution is 8.00. The third-order valence-electron chi connectivity index (χ3n) is 2.21. The quantitative estimate of drug-likeness (QED) is 0.470. The van der Waals surface area contributed by atoms with Gasteiger partial charge in [-0.2, -0.15) is 13.2 Å². The second-order valence-corrected chi connectivity index (χ2v) is 4.86. The summed E-state index contributed by atoms with van der Waals surface area (Å²) in [6.45, 7) is 3.51. The molecule has 1 N–H and O–H groups in total. The van der Waals surface area contributed by atoms with E-state index in [1.807, 2.05) is 13.0 Å². The minimum absolute atomic E-state index is 0.0852. The van der Waals surface area contributed by atoms with Gasteiger partial charge in [0.05, 0.1) is 0 Å². The monoisotopic (exact) mass is 275 g/mol. The lowest BCUT2D eigenvalue weighted by atomic mass is 10.2. The van der Waals surface area contributed by atoms with E-state index in [1.54, 1.807) is 12.1 Å². The Morgan fingerprint density at radius 2 is 1.89 bits per heavy atom. The normalized spacial score (nSPS) is 12.2. The van der Waals surface area contributed by atoms with Crippen LogP contribution >= 0.6 is 11.8 Å². The van der Waals surface area contributed by atoms with Gasteiger partial charge in [-0.15, -0.1) is 0 Å². The van der Waals surface area contributed by atoms with Gasteiger partial charge in [0.25, 0.3) is 0 Å². The lowest BCUT2D eigenvalue weighted by molar-refractivity contribution is -0.0328. The molecule has 100 valence electrons. The summed E-state index contributed by atoms with van der Waals surface area (Å²) in [6.07, 6.45) is 5.01. The highest BCUT2D eigenvalue weighted by Gasteiger charge is 2.28. The predicted molar refractivity (Wildman–Crippen MR) is 69.5 cm³/mol. The Morgan fingerprint density at radius 3 is 2.44 bits per heavy atom. The van der Waals surface area contributed by atoms with Gasteiger partial charge in [0.2, 0.25) is 0 Å². The molecule has 0 aliphatic carbocycles. The Bertz CT molecular complexity index is 371. The first-order valence-electron chi connectivity index (χ1n) is 5.68. The molecule has 0 unspecified atom stereocenters. The molecule has 1 rings (SSSR count). The van der Waals surface area contributed by atoms with E-state index in [0.717, 1.165) is 18.5 Å². The Morgan fingerprint density at radius 1 is 1.22 bits per heavy atom. The van der Waals surface area contributed by atoms with E-state index in [-0.39, 0.29) is 16.7 Å². The number of halogens is 3. The molecule has 0 aliphatic rings. The van der Waals surface area contributed by atoms with E-state index >= 15 is 0 Å². The summed E-state index contributed by atoms with van der Waals surface area (Å²) in [4.78, 5) is 0.222. The third-order valence-corrected chi connectivity index (χ3v) is 2.95. The SMILES string of the molecule is C/C=C/CCNCc1ccc(SC(F)(F)F)cc1. The van der Waals surface area contributed by atoms with Crippen LogP contribution in [0.25, 0.3) is 0 Å². The maximum Gasteiger partial charge on any atom is 0.446 e. The maximum atomic E-state index is 12.1. The summed E-state index contributed by atoms with van der Waals surface area (Å²) in [5.41, 5.74) is -3.23. The fraction of sp³-hybridized carbons (Fsp3) is 0.385. The minimum Gasteiger partial charge on any atom is -0.312 e. The Balaban J connectivity index is 2.36. The summed E-state index contributed by atoms with van der Waals surface area (Å²) in [5.74, 6) is 0. The molecule has 0 heterocycles. The van der Waals surface area contributed by atoms with E-state index in [9.17, 15) is 13.2 Å². The fourth-order valence-electron chi connectivity index (χ4n) is 1.39. The van der Waals surface area contributed by atoms with Crippen molar-refractivity contribution in [2.75, 3.05) is 6.54 Å². The number of nitrogens with one attached hydrogen (secondary N) is 1.